The molecule has 2 aromatic rings. The van der Waals surface area contributed by atoms with Gasteiger partial charge < -0.3 is 11.1 Å². The van der Waals surface area contributed by atoms with E-state index < -0.39 is 6.03 Å². The number of fused-ring (bicyclic) bond motifs is 1. The van der Waals surface area contributed by atoms with Crippen LogP contribution in [0.15, 0.2) is 36.5 Å². The maximum atomic E-state index is 11.3. The largest absolute Gasteiger partial charge is 0.352 e. The molecule has 24 heavy (non-hydrogen) atoms. The third-order valence-corrected chi connectivity index (χ3v) is 4.84. The van der Waals surface area contributed by atoms with Crippen LogP contribution in [0.2, 0.25) is 0 Å². The number of carbonyl (C=O) groups excluding carboxylic acids is 1. The molecule has 128 valence electrons. The highest BCUT2D eigenvalue weighted by Gasteiger charge is 2.16. The highest BCUT2D eigenvalue weighted by Crippen LogP contribution is 2.28. The predicted molar refractivity (Wildman–Crippen MR) is 96.4 cm³/mol. The van der Waals surface area contributed by atoms with Crippen LogP contribution in [-0.4, -0.2) is 17.6 Å². The minimum atomic E-state index is -0.531. The number of hydrogen-bond acceptors (Lipinski definition) is 3. The Bertz CT molecular complexity index is 682. The fraction of sp³-hybridized carbons (Fsp3) is 0.474. The van der Waals surface area contributed by atoms with Crippen molar-refractivity contribution in [1.29, 1.82) is 0 Å². The second-order valence-electron chi connectivity index (χ2n) is 6.65. The van der Waals surface area contributed by atoms with E-state index in [1.807, 2.05) is 30.3 Å². The minimum Gasteiger partial charge on any atom is -0.352 e. The lowest BCUT2D eigenvalue weighted by molar-refractivity contribution is 0.242. The van der Waals surface area contributed by atoms with Crippen LogP contribution in [0.4, 0.5) is 4.79 Å². The Morgan fingerprint density at radius 1 is 1.29 bits per heavy atom. The number of aromatic nitrogens is 1. The van der Waals surface area contributed by atoms with Gasteiger partial charge >= 0.3 is 6.03 Å². The number of nitrogens with one attached hydrogen (secondary N) is 2. The first kappa shape index (κ1) is 16.7. The number of para-hydroxylation sites is 1. The third kappa shape index (κ3) is 4.45. The molecule has 5 nitrogen and oxygen atoms in total. The SMILES string of the molecule is NC(=O)NC(NCCCC1CCCC1)c1cnc2ccccc2c1. The van der Waals surface area contributed by atoms with Crippen molar-refractivity contribution in [2.24, 2.45) is 11.7 Å². The van der Waals surface area contributed by atoms with Crippen molar-refractivity contribution in [3.05, 3.63) is 42.1 Å². The minimum absolute atomic E-state index is 0.303. The fourth-order valence-corrected chi connectivity index (χ4v) is 3.58. The molecule has 1 saturated carbocycles. The zero-order valence-corrected chi connectivity index (χ0v) is 14.0. The Balaban J connectivity index is 1.62. The topological polar surface area (TPSA) is 80.0 Å². The molecular weight excluding hydrogens is 300 g/mol. The van der Waals surface area contributed by atoms with E-state index in [9.17, 15) is 4.79 Å². The Hall–Kier alpha value is -2.14. The molecule has 0 bridgehead atoms. The van der Waals surface area contributed by atoms with Gasteiger partial charge in [-0.1, -0.05) is 43.9 Å². The van der Waals surface area contributed by atoms with Gasteiger partial charge in [0.15, 0.2) is 0 Å². The van der Waals surface area contributed by atoms with Gasteiger partial charge in [-0.3, -0.25) is 10.3 Å². The number of nitrogens with zero attached hydrogens (tertiary/aromatic N) is 1. The number of urea groups is 1. The molecule has 2 amide bonds. The van der Waals surface area contributed by atoms with Crippen LogP contribution in [0.25, 0.3) is 10.9 Å². The van der Waals surface area contributed by atoms with Crippen LogP contribution in [-0.2, 0) is 0 Å². The average molecular weight is 326 g/mol. The highest BCUT2D eigenvalue weighted by molar-refractivity contribution is 5.79. The Kier molecular flexibility index (Phi) is 5.64. The van der Waals surface area contributed by atoms with Gasteiger partial charge in [-0.05, 0) is 37.4 Å². The van der Waals surface area contributed by atoms with Crippen LogP contribution in [0.1, 0.15) is 50.3 Å². The van der Waals surface area contributed by atoms with Gasteiger partial charge in [0, 0.05) is 17.1 Å². The molecule has 3 rings (SSSR count). The first-order valence-electron chi connectivity index (χ1n) is 8.86. The van der Waals surface area contributed by atoms with E-state index in [1.165, 1.54) is 32.1 Å². The van der Waals surface area contributed by atoms with E-state index in [1.54, 1.807) is 6.20 Å². The predicted octanol–water partition coefficient (Wildman–Crippen LogP) is 3.46. The van der Waals surface area contributed by atoms with E-state index in [-0.39, 0.29) is 6.17 Å². The van der Waals surface area contributed by atoms with Crippen LogP contribution in [0.3, 0.4) is 0 Å². The molecule has 1 unspecified atom stereocenters. The van der Waals surface area contributed by atoms with Crippen LogP contribution in [0.5, 0.6) is 0 Å². The number of carbonyl (C=O) groups is 1. The van der Waals surface area contributed by atoms with Crippen molar-refractivity contribution in [3.8, 4) is 0 Å². The summed E-state index contributed by atoms with van der Waals surface area (Å²) in [6.45, 7) is 0.855. The first-order valence-corrected chi connectivity index (χ1v) is 8.86. The van der Waals surface area contributed by atoms with Gasteiger partial charge in [-0.15, -0.1) is 0 Å². The number of primary amides is 1. The zero-order valence-electron chi connectivity index (χ0n) is 14.0. The Morgan fingerprint density at radius 2 is 2.08 bits per heavy atom. The van der Waals surface area contributed by atoms with E-state index in [0.717, 1.165) is 35.3 Å². The number of benzene rings is 1. The Morgan fingerprint density at radius 3 is 2.88 bits per heavy atom. The van der Waals surface area contributed by atoms with Gasteiger partial charge in [0.05, 0.1) is 5.52 Å². The first-order chi connectivity index (χ1) is 11.7. The number of pyridine rings is 1. The van der Waals surface area contributed by atoms with Gasteiger partial charge in [0.1, 0.15) is 6.17 Å². The zero-order chi connectivity index (χ0) is 16.8. The number of nitrogens with two attached hydrogens (primary N) is 1. The van der Waals surface area contributed by atoms with Crippen LogP contribution in [0, 0.1) is 5.92 Å². The lowest BCUT2D eigenvalue weighted by Gasteiger charge is -2.20. The molecule has 1 aromatic heterocycles. The second-order valence-corrected chi connectivity index (χ2v) is 6.65. The number of hydrogen-bond donors (Lipinski definition) is 3. The molecule has 1 heterocycles. The van der Waals surface area contributed by atoms with Crippen molar-refractivity contribution in [2.45, 2.75) is 44.7 Å². The molecule has 1 fully saturated rings. The van der Waals surface area contributed by atoms with Gasteiger partial charge in [-0.25, -0.2) is 4.79 Å². The number of amides is 2. The average Bonchev–Trinajstić information content (AvgIpc) is 3.10. The maximum Gasteiger partial charge on any atom is 0.313 e. The van der Waals surface area contributed by atoms with Crippen LogP contribution < -0.4 is 16.4 Å². The highest BCUT2D eigenvalue weighted by atomic mass is 16.2. The molecule has 0 spiro atoms. The quantitative estimate of drug-likeness (QED) is 0.538. The van der Waals surface area contributed by atoms with E-state index in [0.29, 0.717) is 0 Å². The van der Waals surface area contributed by atoms with Gasteiger partial charge in [0.25, 0.3) is 0 Å². The van der Waals surface area contributed by atoms with E-state index >= 15 is 0 Å². The summed E-state index contributed by atoms with van der Waals surface area (Å²) in [5.74, 6) is 0.886. The fourth-order valence-electron chi connectivity index (χ4n) is 3.58. The smallest absolute Gasteiger partial charge is 0.313 e. The standard InChI is InChI=1S/C19H26N4O/c20-19(24)23-18(21-11-5-8-14-6-1-2-7-14)16-12-15-9-3-4-10-17(15)22-13-16/h3-4,9-10,12-14,18,21H,1-2,5-8,11H2,(H3,20,23,24). The third-order valence-electron chi connectivity index (χ3n) is 4.84. The molecule has 1 atom stereocenters. The molecular formula is C19H26N4O. The van der Waals surface area contributed by atoms with Crippen molar-refractivity contribution >= 4 is 16.9 Å². The van der Waals surface area contributed by atoms with E-state index in [4.69, 9.17) is 5.73 Å². The second kappa shape index (κ2) is 8.11. The summed E-state index contributed by atoms with van der Waals surface area (Å²) in [4.78, 5) is 15.8. The number of rotatable bonds is 7. The van der Waals surface area contributed by atoms with Crippen LogP contribution >= 0.6 is 0 Å². The maximum absolute atomic E-state index is 11.3. The molecule has 1 aromatic carbocycles. The molecule has 4 N–H and O–H groups in total. The van der Waals surface area contributed by atoms with E-state index in [2.05, 4.69) is 15.6 Å². The van der Waals surface area contributed by atoms with Crippen molar-refractivity contribution in [2.75, 3.05) is 6.54 Å². The molecule has 1 aliphatic carbocycles. The Labute approximate surface area is 143 Å². The summed E-state index contributed by atoms with van der Waals surface area (Å²) >= 11 is 0. The summed E-state index contributed by atoms with van der Waals surface area (Å²) in [7, 11) is 0. The molecule has 0 aliphatic heterocycles. The summed E-state index contributed by atoms with van der Waals surface area (Å²) < 4.78 is 0. The van der Waals surface area contributed by atoms with Crippen molar-refractivity contribution in [3.63, 3.8) is 0 Å². The van der Waals surface area contributed by atoms with Gasteiger partial charge in [0.2, 0.25) is 0 Å². The molecule has 0 radical (unpaired) electrons. The van der Waals surface area contributed by atoms with Gasteiger partial charge in [-0.2, -0.15) is 0 Å². The monoisotopic (exact) mass is 326 g/mol. The lowest BCUT2D eigenvalue weighted by Crippen LogP contribution is -2.41. The summed E-state index contributed by atoms with van der Waals surface area (Å²) in [6, 6.07) is 9.47. The summed E-state index contributed by atoms with van der Waals surface area (Å²) in [5.41, 5.74) is 7.21. The molecule has 5 heteroatoms. The van der Waals surface area contributed by atoms with Crippen molar-refractivity contribution in [1.82, 2.24) is 15.6 Å². The summed E-state index contributed by atoms with van der Waals surface area (Å²) in [6.07, 6.45) is 9.37. The van der Waals surface area contributed by atoms with Crippen molar-refractivity contribution < 1.29 is 4.79 Å². The summed E-state index contributed by atoms with van der Waals surface area (Å²) in [5, 5.41) is 7.24. The molecule has 0 saturated heterocycles. The molecule has 1 aliphatic rings. The lowest BCUT2D eigenvalue weighted by atomic mass is 10.0. The normalized spacial score (nSPS) is 16.3.